The summed E-state index contributed by atoms with van der Waals surface area (Å²) in [6.07, 6.45) is 3.38. The molecule has 1 nitrogen and oxygen atoms in total. The van der Waals surface area contributed by atoms with Gasteiger partial charge in [0.25, 0.3) is 0 Å². The maximum atomic E-state index is 13.9. The summed E-state index contributed by atoms with van der Waals surface area (Å²) < 4.78 is 13.9. The van der Waals surface area contributed by atoms with Gasteiger partial charge in [-0.15, -0.1) is 0 Å². The highest BCUT2D eigenvalue weighted by Crippen LogP contribution is 2.40. The van der Waals surface area contributed by atoms with E-state index < -0.39 is 0 Å². The van der Waals surface area contributed by atoms with Crippen LogP contribution in [0.2, 0.25) is 5.02 Å². The molecule has 1 aromatic rings. The van der Waals surface area contributed by atoms with E-state index in [0.717, 1.165) is 12.8 Å². The Hall–Kier alpha value is -0.600. The Morgan fingerprint density at radius 2 is 1.83 bits per heavy atom. The number of hydrogen-bond donors (Lipinski definition) is 1. The van der Waals surface area contributed by atoms with Crippen LogP contribution in [-0.4, -0.2) is 0 Å². The molecule has 0 saturated heterocycles. The van der Waals surface area contributed by atoms with E-state index >= 15 is 0 Å². The molecule has 1 saturated carbocycles. The Balaban J connectivity index is 2.22. The summed E-state index contributed by atoms with van der Waals surface area (Å²) in [5.74, 6) is 1.38. The first-order chi connectivity index (χ1) is 8.49. The molecule has 0 heterocycles. The smallest absolute Gasteiger partial charge is 0.129 e. The van der Waals surface area contributed by atoms with Crippen LogP contribution in [0.3, 0.4) is 0 Å². The Morgan fingerprint density at radius 3 is 2.39 bits per heavy atom. The van der Waals surface area contributed by atoms with E-state index in [4.69, 9.17) is 17.3 Å². The van der Waals surface area contributed by atoms with Gasteiger partial charge >= 0.3 is 0 Å². The number of hydrogen-bond acceptors (Lipinski definition) is 1. The first kappa shape index (κ1) is 13.8. The van der Waals surface area contributed by atoms with Crippen LogP contribution in [0, 0.1) is 23.6 Å². The SMILES string of the molecule is CC1CC(C)CC(C(N)c2c(F)cccc2Cl)C1. The average Bonchev–Trinajstić information content (AvgIpc) is 2.27. The van der Waals surface area contributed by atoms with Gasteiger partial charge in [-0.05, 0) is 49.1 Å². The summed E-state index contributed by atoms with van der Waals surface area (Å²) in [5.41, 5.74) is 6.76. The fourth-order valence-electron chi connectivity index (χ4n) is 3.37. The van der Waals surface area contributed by atoms with Crippen LogP contribution in [0.25, 0.3) is 0 Å². The standard InChI is InChI=1S/C15H21ClFN/c1-9-6-10(2)8-11(7-9)15(18)14-12(16)4-3-5-13(14)17/h3-5,9-11,15H,6-8,18H2,1-2H3. The summed E-state index contributed by atoms with van der Waals surface area (Å²) >= 11 is 6.10. The third-order valence-electron chi connectivity index (χ3n) is 4.06. The van der Waals surface area contributed by atoms with Gasteiger partial charge in [-0.25, -0.2) is 4.39 Å². The van der Waals surface area contributed by atoms with Crippen LogP contribution >= 0.6 is 11.6 Å². The predicted octanol–water partition coefficient (Wildman–Crippen LogP) is 4.55. The zero-order valence-corrected chi connectivity index (χ0v) is 11.8. The van der Waals surface area contributed by atoms with Gasteiger partial charge in [0.05, 0.1) is 0 Å². The summed E-state index contributed by atoms with van der Waals surface area (Å²) in [4.78, 5) is 0. The lowest BCUT2D eigenvalue weighted by Crippen LogP contribution is -2.30. The second-order valence-corrected chi connectivity index (χ2v) is 6.25. The Morgan fingerprint density at radius 1 is 1.22 bits per heavy atom. The van der Waals surface area contributed by atoms with E-state index in [9.17, 15) is 4.39 Å². The molecular weight excluding hydrogens is 249 g/mol. The zero-order valence-electron chi connectivity index (χ0n) is 11.0. The first-order valence-electron chi connectivity index (χ1n) is 6.68. The zero-order chi connectivity index (χ0) is 13.3. The van der Waals surface area contributed by atoms with Crippen molar-refractivity contribution in [3.8, 4) is 0 Å². The van der Waals surface area contributed by atoms with Crippen LogP contribution in [0.5, 0.6) is 0 Å². The summed E-state index contributed by atoms with van der Waals surface area (Å²) in [7, 11) is 0. The fourth-order valence-corrected chi connectivity index (χ4v) is 3.66. The quantitative estimate of drug-likeness (QED) is 0.837. The molecule has 0 aromatic heterocycles. The lowest BCUT2D eigenvalue weighted by atomic mass is 9.72. The largest absolute Gasteiger partial charge is 0.324 e. The topological polar surface area (TPSA) is 26.0 Å². The van der Waals surface area contributed by atoms with Gasteiger partial charge in [-0.3, -0.25) is 0 Å². The highest BCUT2D eigenvalue weighted by Gasteiger charge is 2.31. The van der Waals surface area contributed by atoms with E-state index in [-0.39, 0.29) is 11.9 Å². The van der Waals surface area contributed by atoms with E-state index in [2.05, 4.69) is 13.8 Å². The van der Waals surface area contributed by atoms with Crippen molar-refractivity contribution in [1.82, 2.24) is 0 Å². The maximum absolute atomic E-state index is 13.9. The average molecular weight is 270 g/mol. The highest BCUT2D eigenvalue weighted by atomic mass is 35.5. The van der Waals surface area contributed by atoms with Crippen LogP contribution < -0.4 is 5.73 Å². The monoisotopic (exact) mass is 269 g/mol. The summed E-state index contributed by atoms with van der Waals surface area (Å²) in [6.45, 7) is 4.50. The maximum Gasteiger partial charge on any atom is 0.129 e. The summed E-state index contributed by atoms with van der Waals surface area (Å²) in [6, 6.07) is 4.50. The van der Waals surface area contributed by atoms with E-state index in [1.807, 2.05) is 0 Å². The van der Waals surface area contributed by atoms with E-state index in [1.54, 1.807) is 12.1 Å². The lowest BCUT2D eigenvalue weighted by Gasteiger charge is -2.35. The molecule has 2 N–H and O–H groups in total. The van der Waals surface area contributed by atoms with Gasteiger partial charge in [-0.2, -0.15) is 0 Å². The molecule has 1 aliphatic rings. The Bertz CT molecular complexity index is 391. The molecule has 3 atom stereocenters. The molecule has 1 aromatic carbocycles. The molecule has 0 amide bonds. The van der Waals surface area contributed by atoms with Gasteiger partial charge in [0.15, 0.2) is 0 Å². The Labute approximate surface area is 114 Å². The minimum atomic E-state index is -0.288. The molecule has 18 heavy (non-hydrogen) atoms. The first-order valence-corrected chi connectivity index (χ1v) is 7.06. The molecule has 0 bridgehead atoms. The second-order valence-electron chi connectivity index (χ2n) is 5.84. The Kier molecular flexibility index (Phi) is 4.29. The third kappa shape index (κ3) is 2.86. The third-order valence-corrected chi connectivity index (χ3v) is 4.39. The van der Waals surface area contributed by atoms with Crippen molar-refractivity contribution < 1.29 is 4.39 Å². The van der Waals surface area contributed by atoms with Crippen LogP contribution in [-0.2, 0) is 0 Å². The van der Waals surface area contributed by atoms with Crippen molar-refractivity contribution in [2.45, 2.75) is 39.2 Å². The van der Waals surface area contributed by atoms with Gasteiger partial charge in [0, 0.05) is 16.6 Å². The van der Waals surface area contributed by atoms with E-state index in [0.29, 0.717) is 28.3 Å². The number of benzene rings is 1. The highest BCUT2D eigenvalue weighted by molar-refractivity contribution is 6.31. The summed E-state index contributed by atoms with van der Waals surface area (Å²) in [5, 5.41) is 0.452. The lowest BCUT2D eigenvalue weighted by molar-refractivity contribution is 0.192. The van der Waals surface area contributed by atoms with Gasteiger partial charge < -0.3 is 5.73 Å². The predicted molar refractivity (Wildman–Crippen MR) is 74.0 cm³/mol. The fraction of sp³-hybridized carbons (Fsp3) is 0.600. The molecule has 3 unspecified atom stereocenters. The number of rotatable bonds is 2. The van der Waals surface area contributed by atoms with Gasteiger partial charge in [-0.1, -0.05) is 31.5 Å². The van der Waals surface area contributed by atoms with Crippen molar-refractivity contribution >= 4 is 11.6 Å². The van der Waals surface area contributed by atoms with Crippen LogP contribution in [0.15, 0.2) is 18.2 Å². The molecule has 100 valence electrons. The molecular formula is C15H21ClFN. The molecule has 2 rings (SSSR count). The van der Waals surface area contributed by atoms with Crippen molar-refractivity contribution in [1.29, 1.82) is 0 Å². The van der Waals surface area contributed by atoms with Crippen molar-refractivity contribution in [2.75, 3.05) is 0 Å². The second kappa shape index (κ2) is 5.58. The molecule has 0 radical (unpaired) electrons. The van der Waals surface area contributed by atoms with Crippen LogP contribution in [0.1, 0.15) is 44.7 Å². The molecule has 1 fully saturated rings. The number of halogens is 2. The normalized spacial score (nSPS) is 30.2. The van der Waals surface area contributed by atoms with Crippen LogP contribution in [0.4, 0.5) is 4.39 Å². The van der Waals surface area contributed by atoms with Gasteiger partial charge in [0.1, 0.15) is 5.82 Å². The molecule has 0 aliphatic heterocycles. The van der Waals surface area contributed by atoms with E-state index in [1.165, 1.54) is 12.5 Å². The molecule has 1 aliphatic carbocycles. The minimum absolute atomic E-state index is 0.277. The number of nitrogens with two attached hydrogens (primary N) is 1. The van der Waals surface area contributed by atoms with Crippen molar-refractivity contribution in [3.63, 3.8) is 0 Å². The van der Waals surface area contributed by atoms with Crippen molar-refractivity contribution in [3.05, 3.63) is 34.6 Å². The molecule has 3 heteroatoms. The van der Waals surface area contributed by atoms with Crippen molar-refractivity contribution in [2.24, 2.45) is 23.5 Å². The molecule has 0 spiro atoms. The van der Waals surface area contributed by atoms with Gasteiger partial charge in [0.2, 0.25) is 0 Å². The minimum Gasteiger partial charge on any atom is -0.324 e.